The lowest BCUT2D eigenvalue weighted by Crippen LogP contribution is -2.40. The van der Waals surface area contributed by atoms with Crippen LogP contribution in [0.15, 0.2) is 35.2 Å². The normalized spacial score (nSPS) is 14.7. The topological polar surface area (TPSA) is 163 Å². The number of nitrogens with one attached hydrogen (secondary N) is 2. The molecule has 1 aromatic carbocycles. The number of hydrogen-bond acceptors (Lipinski definition) is 11. The van der Waals surface area contributed by atoms with Crippen molar-refractivity contribution in [2.45, 2.75) is 37.2 Å². The lowest BCUT2D eigenvalue weighted by molar-refractivity contribution is 0.0701. The van der Waals surface area contributed by atoms with Crippen molar-refractivity contribution in [2.75, 3.05) is 34.9 Å². The molecule has 5 N–H and O–H groups in total. The van der Waals surface area contributed by atoms with Crippen LogP contribution in [0.4, 0.5) is 22.7 Å². The Morgan fingerprint density at radius 2 is 1.89 bits per heavy atom. The number of anilines is 4. The van der Waals surface area contributed by atoms with E-state index >= 15 is 0 Å². The molecule has 0 aliphatic carbocycles. The maximum Gasteiger partial charge on any atom is 0.347 e. The summed E-state index contributed by atoms with van der Waals surface area (Å²) in [6, 6.07) is 8.68. The Labute approximate surface area is 207 Å². The summed E-state index contributed by atoms with van der Waals surface area (Å²) in [4.78, 5) is 27.4. The first-order valence-electron chi connectivity index (χ1n) is 11.0. The Hall–Kier alpha value is -3.29. The van der Waals surface area contributed by atoms with Gasteiger partial charge in [-0.3, -0.25) is 5.32 Å². The average Bonchev–Trinajstić information content (AvgIpc) is 3.18. The molecular formula is C22H27N7O4S2. The highest BCUT2D eigenvalue weighted by molar-refractivity contribution is 7.90. The highest BCUT2D eigenvalue weighted by Gasteiger charge is 2.20. The van der Waals surface area contributed by atoms with Crippen LogP contribution in [0.3, 0.4) is 0 Å². The summed E-state index contributed by atoms with van der Waals surface area (Å²) < 4.78 is 23.4. The van der Waals surface area contributed by atoms with Crippen LogP contribution in [-0.4, -0.2) is 59.8 Å². The fourth-order valence-corrected chi connectivity index (χ4v) is 5.09. The quantitative estimate of drug-likeness (QED) is 0.347. The molecule has 3 heterocycles. The van der Waals surface area contributed by atoms with Gasteiger partial charge in [-0.2, -0.15) is 9.97 Å². The van der Waals surface area contributed by atoms with Crippen LogP contribution in [0.2, 0.25) is 0 Å². The van der Waals surface area contributed by atoms with E-state index in [0.717, 1.165) is 48.6 Å². The van der Waals surface area contributed by atoms with Gasteiger partial charge in [0.15, 0.2) is 15.0 Å². The van der Waals surface area contributed by atoms with Crippen LogP contribution in [0.5, 0.6) is 0 Å². The van der Waals surface area contributed by atoms with Gasteiger partial charge in [0.05, 0.1) is 10.6 Å². The van der Waals surface area contributed by atoms with Crippen molar-refractivity contribution < 1.29 is 18.3 Å². The lowest BCUT2D eigenvalue weighted by Gasteiger charge is -2.31. The van der Waals surface area contributed by atoms with Crippen molar-refractivity contribution in [3.05, 3.63) is 46.5 Å². The van der Waals surface area contributed by atoms with E-state index < -0.39 is 15.8 Å². The van der Waals surface area contributed by atoms with Crippen molar-refractivity contribution in [2.24, 2.45) is 5.73 Å². The van der Waals surface area contributed by atoms with Crippen molar-refractivity contribution in [1.29, 1.82) is 0 Å². The zero-order chi connectivity index (χ0) is 25.2. The summed E-state index contributed by atoms with van der Waals surface area (Å²) in [5.74, 6) is 0.539. The second-order valence-electron chi connectivity index (χ2n) is 8.39. The van der Waals surface area contributed by atoms with Crippen molar-refractivity contribution in [1.82, 2.24) is 15.0 Å². The second-order valence-corrected chi connectivity index (χ2v) is 11.4. The smallest absolute Gasteiger partial charge is 0.347 e. The molecule has 1 aliphatic rings. The van der Waals surface area contributed by atoms with Gasteiger partial charge in [0.2, 0.25) is 5.95 Å². The third-order valence-corrected chi connectivity index (χ3v) is 7.80. The van der Waals surface area contributed by atoms with E-state index in [9.17, 15) is 18.3 Å². The number of carboxylic acid groups (broad SMARTS) is 1. The van der Waals surface area contributed by atoms with E-state index in [2.05, 4.69) is 30.5 Å². The number of sulfone groups is 1. The Kier molecular flexibility index (Phi) is 7.19. The fraction of sp³-hybridized carbons (Fsp3) is 0.364. The molecule has 0 bridgehead atoms. The molecule has 35 heavy (non-hydrogen) atoms. The molecule has 13 heteroatoms. The maximum absolute atomic E-state index is 11.7. The Bertz CT molecular complexity index is 1320. The van der Waals surface area contributed by atoms with Crippen LogP contribution in [0.1, 0.15) is 33.8 Å². The molecule has 11 nitrogen and oxygen atoms in total. The first-order chi connectivity index (χ1) is 16.6. The van der Waals surface area contributed by atoms with E-state index in [1.165, 1.54) is 6.26 Å². The molecule has 186 valence electrons. The van der Waals surface area contributed by atoms with Crippen molar-refractivity contribution >= 4 is 49.9 Å². The molecule has 3 aromatic rings. The zero-order valence-corrected chi connectivity index (χ0v) is 21.0. The van der Waals surface area contributed by atoms with Crippen LogP contribution < -0.4 is 21.3 Å². The van der Waals surface area contributed by atoms with Gasteiger partial charge < -0.3 is 21.1 Å². The Morgan fingerprint density at radius 1 is 1.20 bits per heavy atom. The lowest BCUT2D eigenvalue weighted by atomic mass is 10.1. The summed E-state index contributed by atoms with van der Waals surface area (Å²) in [6.07, 6.45) is 2.89. The van der Waals surface area contributed by atoms with Crippen molar-refractivity contribution in [3.63, 3.8) is 0 Å². The minimum Gasteiger partial charge on any atom is -0.477 e. The third kappa shape index (κ3) is 6.24. The average molecular weight is 518 g/mol. The number of nitrogens with two attached hydrogens (primary N) is 1. The number of rotatable bonds is 8. The molecule has 1 fully saturated rings. The molecule has 1 aliphatic heterocycles. The number of nitrogens with zero attached hydrogens (tertiary/aromatic N) is 4. The van der Waals surface area contributed by atoms with E-state index in [-0.39, 0.29) is 21.8 Å². The van der Waals surface area contributed by atoms with Crippen LogP contribution in [-0.2, 0) is 16.4 Å². The minimum absolute atomic E-state index is 0.157. The van der Waals surface area contributed by atoms with Crippen LogP contribution in [0.25, 0.3) is 0 Å². The molecule has 2 aromatic heterocycles. The van der Waals surface area contributed by atoms with Gasteiger partial charge in [-0.25, -0.2) is 18.2 Å². The molecule has 4 rings (SSSR count). The Balaban J connectivity index is 1.57. The molecule has 0 radical (unpaired) electrons. The number of aryl methyl sites for hydroxylation is 1. The van der Waals surface area contributed by atoms with Gasteiger partial charge in [0.25, 0.3) is 0 Å². The highest BCUT2D eigenvalue weighted by Crippen LogP contribution is 2.27. The number of carboxylic acids is 1. The minimum atomic E-state index is -3.26. The van der Waals surface area contributed by atoms with E-state index in [4.69, 9.17) is 5.73 Å². The largest absolute Gasteiger partial charge is 0.477 e. The van der Waals surface area contributed by atoms with E-state index in [0.29, 0.717) is 23.2 Å². The van der Waals surface area contributed by atoms with Crippen molar-refractivity contribution in [3.8, 4) is 0 Å². The Morgan fingerprint density at radius 3 is 2.49 bits per heavy atom. The third-order valence-electron chi connectivity index (χ3n) is 5.61. The number of aromatic carboxylic acids is 1. The number of benzene rings is 1. The fourth-order valence-electron chi connectivity index (χ4n) is 3.66. The van der Waals surface area contributed by atoms with E-state index in [1.54, 1.807) is 31.2 Å². The first kappa shape index (κ1) is 24.8. The van der Waals surface area contributed by atoms with E-state index in [1.807, 2.05) is 6.07 Å². The number of piperidine rings is 1. The van der Waals surface area contributed by atoms with Gasteiger partial charge in [0.1, 0.15) is 16.5 Å². The number of aromatic nitrogens is 3. The highest BCUT2D eigenvalue weighted by atomic mass is 32.2. The summed E-state index contributed by atoms with van der Waals surface area (Å²) in [6.45, 7) is 3.60. The van der Waals surface area contributed by atoms with Gasteiger partial charge in [0, 0.05) is 38.0 Å². The molecule has 0 amide bonds. The van der Waals surface area contributed by atoms with Gasteiger partial charge in [-0.05, 0) is 37.5 Å². The molecule has 1 saturated heterocycles. The molecule has 0 atom stereocenters. The van der Waals surface area contributed by atoms with Gasteiger partial charge in [-0.15, -0.1) is 0 Å². The predicted octanol–water partition coefficient (Wildman–Crippen LogP) is 2.63. The second kappa shape index (κ2) is 10.1. The van der Waals surface area contributed by atoms with Gasteiger partial charge in [-0.1, -0.05) is 23.5 Å². The number of hydrogen-bond donors (Lipinski definition) is 4. The molecule has 0 saturated carbocycles. The summed E-state index contributed by atoms with van der Waals surface area (Å²) in [5, 5.41) is 16.0. The monoisotopic (exact) mass is 517 g/mol. The standard InChI is InChI=1S/C22H27N7O4S2/c1-13-19(20(30)31)34-22(25-13)28-21-26-17(11-18(27-21)29-9-7-15(23)8-10-29)24-12-14-3-5-16(6-4-14)35(2,32)33/h3-6,11,15H,7-10,12,23H2,1-2H3,(H,30,31)(H2,24,25,26,27,28). The molecular weight excluding hydrogens is 490 g/mol. The predicted molar refractivity (Wildman–Crippen MR) is 135 cm³/mol. The zero-order valence-electron chi connectivity index (χ0n) is 19.4. The summed E-state index contributed by atoms with van der Waals surface area (Å²) in [5.41, 5.74) is 7.36. The molecule has 0 spiro atoms. The molecule has 0 unspecified atom stereocenters. The maximum atomic E-state index is 11.7. The number of thiazole rings is 1. The summed E-state index contributed by atoms with van der Waals surface area (Å²) >= 11 is 1.02. The number of carbonyl (C=O) groups is 1. The summed E-state index contributed by atoms with van der Waals surface area (Å²) in [7, 11) is -3.26. The SMILES string of the molecule is Cc1nc(Nc2nc(NCc3ccc(S(C)(=O)=O)cc3)cc(N3CCC(N)CC3)n2)sc1C(=O)O. The van der Waals surface area contributed by atoms with Crippen LogP contribution >= 0.6 is 11.3 Å². The first-order valence-corrected chi connectivity index (χ1v) is 13.7. The van der Waals surface area contributed by atoms with Crippen LogP contribution in [0, 0.1) is 6.92 Å². The van der Waals surface area contributed by atoms with Gasteiger partial charge >= 0.3 is 5.97 Å².